The lowest BCUT2D eigenvalue weighted by Crippen LogP contribution is -2.33. The topological polar surface area (TPSA) is 53.6 Å². The van der Waals surface area contributed by atoms with Crippen molar-refractivity contribution in [1.82, 2.24) is 15.5 Å². The Kier molecular flexibility index (Phi) is 8.79. The van der Waals surface area contributed by atoms with Gasteiger partial charge in [-0.05, 0) is 59.4 Å². The van der Waals surface area contributed by atoms with E-state index in [4.69, 9.17) is 4.74 Å². The van der Waals surface area contributed by atoms with Gasteiger partial charge < -0.3 is 20.3 Å². The van der Waals surface area contributed by atoms with E-state index in [1.807, 2.05) is 0 Å². The molecule has 0 saturated carbocycles. The molecule has 1 aliphatic rings. The summed E-state index contributed by atoms with van der Waals surface area (Å²) < 4.78 is 5.71. The SMILES string of the molecule is CN(C)CCCCNC(=O)CCOC1CCNCC1. The molecule has 1 amide bonds. The first-order chi connectivity index (χ1) is 9.18. The standard InChI is InChI=1S/C14H29N3O2/c1-17(2)11-4-3-8-16-14(18)7-12-19-13-5-9-15-10-6-13/h13,15H,3-12H2,1-2H3,(H,16,18). The molecule has 0 aliphatic carbocycles. The van der Waals surface area contributed by atoms with E-state index >= 15 is 0 Å². The smallest absolute Gasteiger partial charge is 0.222 e. The van der Waals surface area contributed by atoms with Gasteiger partial charge in [-0.25, -0.2) is 0 Å². The highest BCUT2D eigenvalue weighted by atomic mass is 16.5. The first-order valence-corrected chi connectivity index (χ1v) is 7.42. The summed E-state index contributed by atoms with van der Waals surface area (Å²) in [6, 6.07) is 0. The van der Waals surface area contributed by atoms with Crippen LogP contribution in [0.15, 0.2) is 0 Å². The molecule has 0 spiro atoms. The number of carbonyl (C=O) groups is 1. The monoisotopic (exact) mass is 271 g/mol. The molecule has 0 atom stereocenters. The van der Waals surface area contributed by atoms with Crippen molar-refractivity contribution in [3.63, 3.8) is 0 Å². The molecule has 2 N–H and O–H groups in total. The second-order valence-electron chi connectivity index (χ2n) is 5.43. The molecule has 1 heterocycles. The zero-order chi connectivity index (χ0) is 13.9. The molecule has 19 heavy (non-hydrogen) atoms. The number of piperidine rings is 1. The summed E-state index contributed by atoms with van der Waals surface area (Å²) in [7, 11) is 4.13. The maximum Gasteiger partial charge on any atom is 0.222 e. The number of nitrogens with zero attached hydrogens (tertiary/aromatic N) is 1. The minimum absolute atomic E-state index is 0.110. The van der Waals surface area contributed by atoms with Gasteiger partial charge in [-0.1, -0.05) is 0 Å². The molecule has 0 bridgehead atoms. The Morgan fingerprint density at radius 1 is 1.32 bits per heavy atom. The number of rotatable bonds is 9. The Labute approximate surface area is 117 Å². The van der Waals surface area contributed by atoms with Gasteiger partial charge in [0.15, 0.2) is 0 Å². The largest absolute Gasteiger partial charge is 0.378 e. The summed E-state index contributed by atoms with van der Waals surface area (Å²) in [5.41, 5.74) is 0. The Morgan fingerprint density at radius 2 is 2.05 bits per heavy atom. The number of nitrogens with one attached hydrogen (secondary N) is 2. The lowest BCUT2D eigenvalue weighted by Gasteiger charge is -2.22. The molecule has 5 heteroatoms. The van der Waals surface area contributed by atoms with E-state index in [0.717, 1.165) is 51.9 Å². The van der Waals surface area contributed by atoms with Gasteiger partial charge in [0.05, 0.1) is 12.7 Å². The first-order valence-electron chi connectivity index (χ1n) is 7.42. The summed E-state index contributed by atoms with van der Waals surface area (Å²) in [4.78, 5) is 13.7. The van der Waals surface area contributed by atoms with Crippen LogP contribution in [-0.2, 0) is 9.53 Å². The fourth-order valence-electron chi connectivity index (χ4n) is 2.15. The van der Waals surface area contributed by atoms with E-state index in [1.54, 1.807) is 0 Å². The predicted molar refractivity (Wildman–Crippen MR) is 77.3 cm³/mol. The van der Waals surface area contributed by atoms with Crippen molar-refractivity contribution >= 4 is 5.91 Å². The third-order valence-electron chi connectivity index (χ3n) is 3.32. The molecular weight excluding hydrogens is 242 g/mol. The summed E-state index contributed by atoms with van der Waals surface area (Å²) in [5, 5.41) is 6.24. The third-order valence-corrected chi connectivity index (χ3v) is 3.32. The molecule has 0 aromatic heterocycles. The molecule has 112 valence electrons. The second kappa shape index (κ2) is 10.2. The van der Waals surface area contributed by atoms with Gasteiger partial charge in [-0.15, -0.1) is 0 Å². The van der Waals surface area contributed by atoms with Gasteiger partial charge in [0.1, 0.15) is 0 Å². The lowest BCUT2D eigenvalue weighted by atomic mass is 10.1. The summed E-state index contributed by atoms with van der Waals surface area (Å²) >= 11 is 0. The number of hydrogen-bond acceptors (Lipinski definition) is 4. The van der Waals surface area contributed by atoms with Crippen LogP contribution in [-0.4, -0.2) is 63.8 Å². The fraction of sp³-hybridized carbons (Fsp3) is 0.929. The van der Waals surface area contributed by atoms with Gasteiger partial charge in [-0.2, -0.15) is 0 Å². The zero-order valence-corrected chi connectivity index (χ0v) is 12.4. The minimum Gasteiger partial charge on any atom is -0.378 e. The average molecular weight is 271 g/mol. The predicted octanol–water partition coefficient (Wildman–Crippen LogP) is 0.603. The lowest BCUT2D eigenvalue weighted by molar-refractivity contribution is -0.122. The van der Waals surface area contributed by atoms with Crippen molar-refractivity contribution in [3.8, 4) is 0 Å². The van der Waals surface area contributed by atoms with E-state index in [2.05, 4.69) is 29.6 Å². The van der Waals surface area contributed by atoms with Crippen LogP contribution in [0.5, 0.6) is 0 Å². The average Bonchev–Trinajstić information content (AvgIpc) is 2.39. The molecule has 1 aliphatic heterocycles. The van der Waals surface area contributed by atoms with E-state index in [9.17, 15) is 4.79 Å². The zero-order valence-electron chi connectivity index (χ0n) is 12.4. The number of hydrogen-bond donors (Lipinski definition) is 2. The number of carbonyl (C=O) groups excluding carboxylic acids is 1. The molecule has 0 radical (unpaired) electrons. The van der Waals surface area contributed by atoms with E-state index < -0.39 is 0 Å². The van der Waals surface area contributed by atoms with Gasteiger partial charge in [0.2, 0.25) is 5.91 Å². The third kappa shape index (κ3) is 8.97. The quantitative estimate of drug-likeness (QED) is 0.603. The van der Waals surface area contributed by atoms with E-state index in [-0.39, 0.29) is 5.91 Å². The Morgan fingerprint density at radius 3 is 2.74 bits per heavy atom. The number of unbranched alkanes of at least 4 members (excludes halogenated alkanes) is 1. The second-order valence-corrected chi connectivity index (χ2v) is 5.43. The molecule has 0 aromatic carbocycles. The maximum absolute atomic E-state index is 11.6. The highest BCUT2D eigenvalue weighted by Crippen LogP contribution is 2.07. The molecule has 1 rings (SSSR count). The highest BCUT2D eigenvalue weighted by molar-refractivity contribution is 5.75. The maximum atomic E-state index is 11.6. The van der Waals surface area contributed by atoms with Gasteiger partial charge in [0, 0.05) is 13.0 Å². The summed E-state index contributed by atoms with van der Waals surface area (Å²) in [6.45, 7) is 4.47. The van der Waals surface area contributed by atoms with Crippen molar-refractivity contribution < 1.29 is 9.53 Å². The van der Waals surface area contributed by atoms with Crippen LogP contribution in [0.25, 0.3) is 0 Å². The van der Waals surface area contributed by atoms with Gasteiger partial charge >= 0.3 is 0 Å². The number of ether oxygens (including phenoxy) is 1. The van der Waals surface area contributed by atoms with Crippen LogP contribution in [0, 0.1) is 0 Å². The first kappa shape index (κ1) is 16.4. The molecule has 0 unspecified atom stereocenters. The van der Waals surface area contributed by atoms with Crippen LogP contribution in [0.1, 0.15) is 32.1 Å². The van der Waals surface area contributed by atoms with E-state index in [0.29, 0.717) is 19.1 Å². The molecule has 5 nitrogen and oxygen atoms in total. The van der Waals surface area contributed by atoms with Crippen LogP contribution >= 0.6 is 0 Å². The van der Waals surface area contributed by atoms with Crippen LogP contribution < -0.4 is 10.6 Å². The Hall–Kier alpha value is -0.650. The van der Waals surface area contributed by atoms with E-state index in [1.165, 1.54) is 0 Å². The minimum atomic E-state index is 0.110. The van der Waals surface area contributed by atoms with Gasteiger partial charge in [-0.3, -0.25) is 4.79 Å². The van der Waals surface area contributed by atoms with Crippen molar-refractivity contribution in [3.05, 3.63) is 0 Å². The van der Waals surface area contributed by atoms with Crippen LogP contribution in [0.3, 0.4) is 0 Å². The normalized spacial score (nSPS) is 16.8. The molecule has 0 aromatic rings. The number of amides is 1. The van der Waals surface area contributed by atoms with Crippen molar-refractivity contribution in [2.45, 2.75) is 38.2 Å². The van der Waals surface area contributed by atoms with Crippen LogP contribution in [0.4, 0.5) is 0 Å². The van der Waals surface area contributed by atoms with Crippen molar-refractivity contribution in [1.29, 1.82) is 0 Å². The Balaban J connectivity index is 1.90. The van der Waals surface area contributed by atoms with Gasteiger partial charge in [0.25, 0.3) is 0 Å². The highest BCUT2D eigenvalue weighted by Gasteiger charge is 2.13. The van der Waals surface area contributed by atoms with Crippen LogP contribution in [0.2, 0.25) is 0 Å². The molecular formula is C14H29N3O2. The molecule has 1 saturated heterocycles. The fourth-order valence-corrected chi connectivity index (χ4v) is 2.15. The Bertz CT molecular complexity index is 241. The van der Waals surface area contributed by atoms with Crippen molar-refractivity contribution in [2.24, 2.45) is 0 Å². The van der Waals surface area contributed by atoms with Crippen molar-refractivity contribution in [2.75, 3.05) is 46.9 Å². The molecule has 1 fully saturated rings. The summed E-state index contributed by atoms with van der Waals surface area (Å²) in [6.07, 6.45) is 5.11. The summed E-state index contributed by atoms with van der Waals surface area (Å²) in [5.74, 6) is 0.110.